The molecule has 1 aromatic carbocycles. The van der Waals surface area contributed by atoms with Gasteiger partial charge in [-0.05, 0) is 17.2 Å². The summed E-state index contributed by atoms with van der Waals surface area (Å²) in [5.74, 6) is 0. The van der Waals surface area contributed by atoms with Gasteiger partial charge in [-0.15, -0.1) is 5.47 Å². The summed E-state index contributed by atoms with van der Waals surface area (Å²) in [6, 6.07) is 12.1. The van der Waals surface area contributed by atoms with E-state index >= 15 is 0 Å². The average molecular weight is 288 g/mol. The lowest BCUT2D eigenvalue weighted by atomic mass is 9.97. The number of rotatable bonds is 7. The maximum absolute atomic E-state index is 9.26. The Labute approximate surface area is 134 Å². The summed E-state index contributed by atoms with van der Waals surface area (Å²) in [5, 5.41) is 12.4. The Balaban J connectivity index is 2.66. The molecule has 0 saturated carbocycles. The van der Waals surface area contributed by atoms with Crippen LogP contribution < -0.4 is 5.32 Å². The molecular formula is C19H21BN2. The summed E-state index contributed by atoms with van der Waals surface area (Å²) < 4.78 is 0. The number of nitrogens with zero attached hydrogens (tertiary/aromatic N) is 1. The van der Waals surface area contributed by atoms with E-state index in [0.717, 1.165) is 11.1 Å². The first-order valence-corrected chi connectivity index (χ1v) is 7.12. The molecule has 0 saturated heterocycles. The number of nitrogens with one attached hydrogen (secondary N) is 1. The topological polar surface area (TPSA) is 35.8 Å². The summed E-state index contributed by atoms with van der Waals surface area (Å²) in [5.41, 5.74) is 4.20. The smallest absolute Gasteiger partial charge is 0.133 e. The van der Waals surface area contributed by atoms with E-state index in [1.807, 2.05) is 63.3 Å². The van der Waals surface area contributed by atoms with Gasteiger partial charge in [-0.3, -0.25) is 0 Å². The Morgan fingerprint density at radius 2 is 2.00 bits per heavy atom. The fourth-order valence-electron chi connectivity index (χ4n) is 1.68. The van der Waals surface area contributed by atoms with Crippen molar-refractivity contribution in [1.82, 2.24) is 5.32 Å². The van der Waals surface area contributed by atoms with Crippen LogP contribution in [0.3, 0.4) is 0 Å². The molecule has 0 amide bonds. The van der Waals surface area contributed by atoms with Crippen LogP contribution in [0.15, 0.2) is 90.1 Å². The second-order valence-corrected chi connectivity index (χ2v) is 5.17. The number of benzene rings is 1. The fraction of sp³-hybridized carbons (Fsp3) is 0.105. The first kappa shape index (κ1) is 17.3. The molecule has 0 aromatic heterocycles. The Morgan fingerprint density at radius 1 is 1.32 bits per heavy atom. The van der Waals surface area contributed by atoms with Gasteiger partial charge in [0.1, 0.15) is 13.9 Å². The molecular weight excluding hydrogens is 267 g/mol. The molecule has 0 aliphatic carbocycles. The maximum Gasteiger partial charge on any atom is 0.133 e. The van der Waals surface area contributed by atoms with Crippen molar-refractivity contribution in [2.45, 2.75) is 13.5 Å². The number of allylic oxidation sites excluding steroid dienone is 7. The van der Waals surface area contributed by atoms with E-state index in [2.05, 4.69) is 24.5 Å². The highest BCUT2D eigenvalue weighted by Gasteiger charge is 2.02. The summed E-state index contributed by atoms with van der Waals surface area (Å²) >= 11 is 0. The second kappa shape index (κ2) is 9.25. The van der Waals surface area contributed by atoms with Crippen LogP contribution in [0.1, 0.15) is 12.5 Å². The van der Waals surface area contributed by atoms with Crippen LogP contribution >= 0.6 is 0 Å². The van der Waals surface area contributed by atoms with E-state index in [4.69, 9.17) is 0 Å². The molecule has 110 valence electrons. The van der Waals surface area contributed by atoms with Crippen LogP contribution in [-0.2, 0) is 6.54 Å². The second-order valence-electron chi connectivity index (χ2n) is 5.17. The maximum atomic E-state index is 9.26. The summed E-state index contributed by atoms with van der Waals surface area (Å²) in [7, 11) is 2.03. The van der Waals surface area contributed by atoms with E-state index < -0.39 is 0 Å². The minimum Gasteiger partial charge on any atom is -0.380 e. The van der Waals surface area contributed by atoms with Gasteiger partial charge in [0.2, 0.25) is 0 Å². The van der Waals surface area contributed by atoms with Crippen molar-refractivity contribution < 1.29 is 0 Å². The Hall–Kier alpha value is -2.73. The van der Waals surface area contributed by atoms with Crippen molar-refractivity contribution in [3.8, 4) is 6.07 Å². The van der Waals surface area contributed by atoms with E-state index in [0.29, 0.717) is 17.8 Å². The third-order valence-electron chi connectivity index (χ3n) is 2.86. The fourth-order valence-corrected chi connectivity index (χ4v) is 1.68. The monoisotopic (exact) mass is 288 g/mol. The van der Waals surface area contributed by atoms with Crippen molar-refractivity contribution in [1.29, 1.82) is 5.26 Å². The minimum atomic E-state index is 0.489. The summed E-state index contributed by atoms with van der Waals surface area (Å²) in [6.45, 7) is 10.5. The van der Waals surface area contributed by atoms with Crippen molar-refractivity contribution in [3.05, 3.63) is 95.7 Å². The number of hydrogen-bond acceptors (Lipinski definition) is 2. The summed E-state index contributed by atoms with van der Waals surface area (Å²) in [4.78, 5) is 0. The Kier molecular flexibility index (Phi) is 7.29. The molecule has 1 aromatic rings. The SMILES string of the molecule is B/C(C)=C/C=C\C(=C)/C=C(\C#N)C(=C)NCc1ccccc1. The van der Waals surface area contributed by atoms with Gasteiger partial charge < -0.3 is 5.32 Å². The molecule has 0 aliphatic heterocycles. The normalized spacial score (nSPS) is 12.0. The van der Waals surface area contributed by atoms with Crippen LogP contribution in [0.2, 0.25) is 0 Å². The van der Waals surface area contributed by atoms with Crippen molar-refractivity contribution in [2.75, 3.05) is 0 Å². The van der Waals surface area contributed by atoms with Crippen LogP contribution in [0.25, 0.3) is 0 Å². The van der Waals surface area contributed by atoms with Gasteiger partial charge >= 0.3 is 0 Å². The zero-order chi connectivity index (χ0) is 16.4. The zero-order valence-corrected chi connectivity index (χ0v) is 13.3. The molecule has 3 heteroatoms. The molecule has 1 rings (SSSR count). The lowest BCUT2D eigenvalue weighted by Crippen LogP contribution is -2.13. The molecule has 0 heterocycles. The molecule has 0 fully saturated rings. The summed E-state index contributed by atoms with van der Waals surface area (Å²) in [6.07, 6.45) is 7.52. The van der Waals surface area contributed by atoms with Gasteiger partial charge in [0.25, 0.3) is 0 Å². The first-order chi connectivity index (χ1) is 10.5. The first-order valence-electron chi connectivity index (χ1n) is 7.12. The van der Waals surface area contributed by atoms with E-state index in [1.165, 1.54) is 5.47 Å². The number of hydrogen-bond donors (Lipinski definition) is 1. The molecule has 0 spiro atoms. The molecule has 2 nitrogen and oxygen atoms in total. The van der Waals surface area contributed by atoms with Crippen LogP contribution in [-0.4, -0.2) is 7.85 Å². The van der Waals surface area contributed by atoms with Crippen molar-refractivity contribution in [3.63, 3.8) is 0 Å². The van der Waals surface area contributed by atoms with Gasteiger partial charge in [-0.2, -0.15) is 5.26 Å². The minimum absolute atomic E-state index is 0.489. The van der Waals surface area contributed by atoms with E-state index in [-0.39, 0.29) is 0 Å². The third-order valence-corrected chi connectivity index (χ3v) is 2.86. The molecule has 0 radical (unpaired) electrons. The van der Waals surface area contributed by atoms with Crippen LogP contribution in [0, 0.1) is 11.3 Å². The van der Waals surface area contributed by atoms with Gasteiger partial charge in [0.05, 0.1) is 5.57 Å². The van der Waals surface area contributed by atoms with Gasteiger partial charge in [0, 0.05) is 12.2 Å². The highest BCUT2D eigenvalue weighted by Crippen LogP contribution is 2.10. The standard InChI is InChI=1S/C19H21BN2/c1-15(8-7-9-16(2)20)12-19(13-21)17(3)22-14-18-10-5-4-6-11-18/h4-12,22H,1,3,14,20H2,2H3/b8-7-,16-9+,19-12+. The predicted octanol–water partition coefficient (Wildman–Crippen LogP) is 3.39. The number of nitriles is 1. The van der Waals surface area contributed by atoms with Crippen LogP contribution in [0.4, 0.5) is 0 Å². The van der Waals surface area contributed by atoms with Crippen molar-refractivity contribution in [2.24, 2.45) is 0 Å². The molecule has 0 atom stereocenters. The predicted molar refractivity (Wildman–Crippen MR) is 96.7 cm³/mol. The molecule has 22 heavy (non-hydrogen) atoms. The van der Waals surface area contributed by atoms with Gasteiger partial charge in [-0.25, -0.2) is 0 Å². The molecule has 0 bridgehead atoms. The van der Waals surface area contributed by atoms with Gasteiger partial charge in [-0.1, -0.05) is 68.6 Å². The van der Waals surface area contributed by atoms with Gasteiger partial charge in [0.15, 0.2) is 0 Å². The van der Waals surface area contributed by atoms with E-state index in [1.54, 1.807) is 6.08 Å². The average Bonchev–Trinajstić information content (AvgIpc) is 2.51. The lowest BCUT2D eigenvalue weighted by molar-refractivity contribution is 0.829. The van der Waals surface area contributed by atoms with E-state index in [9.17, 15) is 5.26 Å². The Bertz CT molecular complexity index is 654. The molecule has 1 N–H and O–H groups in total. The Morgan fingerprint density at radius 3 is 2.59 bits per heavy atom. The highest BCUT2D eigenvalue weighted by atomic mass is 14.9. The highest BCUT2D eigenvalue weighted by molar-refractivity contribution is 6.21. The molecule has 0 aliphatic rings. The van der Waals surface area contributed by atoms with Crippen LogP contribution in [0.5, 0.6) is 0 Å². The lowest BCUT2D eigenvalue weighted by Gasteiger charge is -2.08. The quantitative estimate of drug-likeness (QED) is 0.474. The zero-order valence-electron chi connectivity index (χ0n) is 13.3. The van der Waals surface area contributed by atoms with Crippen molar-refractivity contribution >= 4 is 7.85 Å². The largest absolute Gasteiger partial charge is 0.380 e. The molecule has 0 unspecified atom stereocenters. The third kappa shape index (κ3) is 6.63.